The number of nitrogen functional groups attached to an aromatic ring is 1. The summed E-state index contributed by atoms with van der Waals surface area (Å²) in [6, 6.07) is 13.7. The van der Waals surface area contributed by atoms with Crippen molar-refractivity contribution in [3.63, 3.8) is 0 Å². The first-order valence-electron chi connectivity index (χ1n) is 12.2. The molecule has 10 heteroatoms. The smallest absolute Gasteiger partial charge is 0.336 e. The number of nitrogens with one attached hydrogen (secondary N) is 3. The number of carboxylic acid groups (broad SMARTS) is 1. The van der Waals surface area contributed by atoms with Crippen molar-refractivity contribution in [3.05, 3.63) is 82.7 Å². The van der Waals surface area contributed by atoms with Crippen LogP contribution < -0.4 is 16.4 Å². The molecule has 0 fully saturated rings. The van der Waals surface area contributed by atoms with Crippen LogP contribution in [0.2, 0.25) is 0 Å². The number of nitrogens with two attached hydrogens (primary N) is 1. The fourth-order valence-corrected chi connectivity index (χ4v) is 3.88. The molecule has 2 aromatic carbocycles. The Bertz CT molecular complexity index is 1410. The van der Waals surface area contributed by atoms with E-state index in [9.17, 15) is 19.5 Å². The van der Waals surface area contributed by atoms with Gasteiger partial charge in [0, 0.05) is 35.2 Å². The van der Waals surface area contributed by atoms with Crippen LogP contribution in [-0.4, -0.2) is 53.5 Å². The lowest BCUT2D eigenvalue weighted by Crippen LogP contribution is -2.46. The number of hydrogen-bond donors (Lipinski definition) is 5. The van der Waals surface area contributed by atoms with Crippen LogP contribution in [0, 0.1) is 17.7 Å². The van der Waals surface area contributed by atoms with Crippen molar-refractivity contribution >= 4 is 29.3 Å². The van der Waals surface area contributed by atoms with Gasteiger partial charge in [-0.25, -0.2) is 9.78 Å². The van der Waals surface area contributed by atoms with Crippen LogP contribution in [-0.2, 0) is 4.74 Å². The highest BCUT2D eigenvalue weighted by Crippen LogP contribution is 2.29. The Morgan fingerprint density at radius 3 is 2.18 bits per heavy atom. The number of carbonyl (C=O) groups is 3. The zero-order valence-electron chi connectivity index (χ0n) is 22.6. The Morgan fingerprint density at radius 1 is 1.00 bits per heavy atom. The third-order valence-corrected chi connectivity index (χ3v) is 6.19. The molecule has 1 unspecified atom stereocenters. The normalized spacial score (nSPS) is 11.9. The highest BCUT2D eigenvalue weighted by Gasteiger charge is 2.27. The molecule has 39 heavy (non-hydrogen) atoms. The van der Waals surface area contributed by atoms with E-state index in [1.807, 2.05) is 20.8 Å². The summed E-state index contributed by atoms with van der Waals surface area (Å²) in [5, 5.41) is 23.2. The van der Waals surface area contributed by atoms with Gasteiger partial charge in [0.2, 0.25) is 0 Å². The van der Waals surface area contributed by atoms with Crippen molar-refractivity contribution < 1.29 is 24.2 Å². The van der Waals surface area contributed by atoms with E-state index in [-0.39, 0.29) is 39.7 Å². The molecule has 3 aromatic rings. The molecule has 0 radical (unpaired) electrons. The number of carboxylic acids is 1. The van der Waals surface area contributed by atoms with E-state index in [0.717, 1.165) is 0 Å². The molecular weight excluding hydrogens is 498 g/mol. The summed E-state index contributed by atoms with van der Waals surface area (Å²) >= 11 is 0. The maximum atomic E-state index is 13.2. The lowest BCUT2D eigenvalue weighted by molar-refractivity contribution is 0.0697. The van der Waals surface area contributed by atoms with Crippen molar-refractivity contribution in [2.75, 3.05) is 19.0 Å². The SMILES string of the molecule is COCC(NC(=O)c1ccc(-c2ccc(C)nc2C(=O)Nc2ccc(C(=N)N)cc2)c(C(=O)O)c1)C(C)(C)C. The van der Waals surface area contributed by atoms with Gasteiger partial charge in [0.15, 0.2) is 0 Å². The second kappa shape index (κ2) is 11.9. The third kappa shape index (κ3) is 7.05. The highest BCUT2D eigenvalue weighted by molar-refractivity contribution is 6.10. The summed E-state index contributed by atoms with van der Waals surface area (Å²) in [6.07, 6.45) is 0. The van der Waals surface area contributed by atoms with Gasteiger partial charge in [-0.3, -0.25) is 15.0 Å². The average molecular weight is 532 g/mol. The minimum Gasteiger partial charge on any atom is -0.478 e. The van der Waals surface area contributed by atoms with Gasteiger partial charge in [0.25, 0.3) is 11.8 Å². The number of aryl methyl sites for hydroxylation is 1. The number of methoxy groups -OCH3 is 1. The molecule has 0 spiro atoms. The van der Waals surface area contributed by atoms with Crippen molar-refractivity contribution in [1.29, 1.82) is 5.41 Å². The van der Waals surface area contributed by atoms with E-state index in [1.165, 1.54) is 18.2 Å². The van der Waals surface area contributed by atoms with Gasteiger partial charge in [0.1, 0.15) is 11.5 Å². The molecule has 0 aliphatic carbocycles. The minimum absolute atomic E-state index is 0.0261. The number of aromatic carboxylic acids is 1. The van der Waals surface area contributed by atoms with E-state index in [1.54, 1.807) is 50.4 Å². The Labute approximate surface area is 227 Å². The number of benzene rings is 2. The molecule has 204 valence electrons. The zero-order valence-corrected chi connectivity index (χ0v) is 22.6. The van der Waals surface area contributed by atoms with E-state index in [2.05, 4.69) is 15.6 Å². The van der Waals surface area contributed by atoms with Gasteiger partial charge < -0.3 is 26.2 Å². The second-order valence-corrected chi connectivity index (χ2v) is 10.2. The molecule has 1 atom stereocenters. The van der Waals surface area contributed by atoms with Gasteiger partial charge >= 0.3 is 5.97 Å². The summed E-state index contributed by atoms with van der Waals surface area (Å²) in [5.74, 6) is -2.33. The number of anilines is 1. The number of hydrogen-bond acceptors (Lipinski definition) is 6. The summed E-state index contributed by atoms with van der Waals surface area (Å²) in [5.41, 5.74) is 7.31. The van der Waals surface area contributed by atoms with Gasteiger partial charge in [-0.2, -0.15) is 0 Å². The molecule has 2 amide bonds. The van der Waals surface area contributed by atoms with Crippen molar-refractivity contribution in [2.45, 2.75) is 33.7 Å². The number of pyridine rings is 1. The number of carbonyl (C=O) groups excluding carboxylic acids is 2. The molecule has 3 rings (SSSR count). The summed E-state index contributed by atoms with van der Waals surface area (Å²) in [4.78, 5) is 42.9. The molecule has 0 bridgehead atoms. The van der Waals surface area contributed by atoms with Crippen LogP contribution in [0.4, 0.5) is 5.69 Å². The van der Waals surface area contributed by atoms with Crippen molar-refractivity contribution in [3.8, 4) is 11.1 Å². The minimum atomic E-state index is -1.25. The molecule has 1 heterocycles. The van der Waals surface area contributed by atoms with E-state index >= 15 is 0 Å². The highest BCUT2D eigenvalue weighted by atomic mass is 16.5. The molecule has 6 N–H and O–H groups in total. The van der Waals surface area contributed by atoms with Crippen LogP contribution in [0.15, 0.2) is 54.6 Å². The van der Waals surface area contributed by atoms with Gasteiger partial charge in [-0.1, -0.05) is 32.9 Å². The molecular formula is C29H33N5O5. The number of rotatable bonds is 9. The molecule has 0 saturated carbocycles. The lowest BCUT2D eigenvalue weighted by atomic mass is 9.87. The molecule has 1 aromatic heterocycles. The first-order valence-corrected chi connectivity index (χ1v) is 12.2. The largest absolute Gasteiger partial charge is 0.478 e. The summed E-state index contributed by atoms with van der Waals surface area (Å²) < 4.78 is 5.24. The van der Waals surface area contributed by atoms with Crippen molar-refractivity contribution in [1.82, 2.24) is 10.3 Å². The van der Waals surface area contributed by atoms with Crippen LogP contribution in [0.1, 0.15) is 63.2 Å². The summed E-state index contributed by atoms with van der Waals surface area (Å²) in [6.45, 7) is 7.93. The monoisotopic (exact) mass is 531 g/mol. The second-order valence-electron chi connectivity index (χ2n) is 10.2. The predicted molar refractivity (Wildman–Crippen MR) is 149 cm³/mol. The van der Waals surface area contributed by atoms with Gasteiger partial charge in [-0.05, 0) is 60.4 Å². The fourth-order valence-electron chi connectivity index (χ4n) is 3.88. The van der Waals surface area contributed by atoms with Crippen molar-refractivity contribution in [2.24, 2.45) is 11.1 Å². The molecule has 0 saturated heterocycles. The Hall–Kier alpha value is -4.57. The fraction of sp³-hybridized carbons (Fsp3) is 0.276. The van der Waals surface area contributed by atoms with Crippen LogP contribution in [0.3, 0.4) is 0 Å². The quantitative estimate of drug-likeness (QED) is 0.205. The van der Waals surface area contributed by atoms with E-state index in [4.69, 9.17) is 15.9 Å². The predicted octanol–water partition coefficient (Wildman–Crippen LogP) is 4.08. The third-order valence-electron chi connectivity index (χ3n) is 6.19. The molecule has 0 aliphatic heterocycles. The Balaban J connectivity index is 1.98. The lowest BCUT2D eigenvalue weighted by Gasteiger charge is -2.31. The maximum Gasteiger partial charge on any atom is 0.336 e. The number of aromatic nitrogens is 1. The molecule has 10 nitrogen and oxygen atoms in total. The number of nitrogens with zero attached hydrogens (tertiary/aromatic N) is 1. The topological polar surface area (TPSA) is 167 Å². The van der Waals surface area contributed by atoms with Gasteiger partial charge in [0.05, 0.1) is 18.2 Å². The Morgan fingerprint density at radius 2 is 1.62 bits per heavy atom. The Kier molecular flexibility index (Phi) is 8.82. The standard InChI is InChI=1S/C29H33N5O5/c1-16-6-12-21(24(32-16)27(36)33-19-10-7-17(8-11-19)25(30)31)20-13-9-18(14-22(20)28(37)38)26(35)34-23(15-39-5)29(2,3)4/h6-14,23H,15H2,1-5H3,(H3,30,31)(H,33,36)(H,34,35)(H,37,38). The van der Waals surface area contributed by atoms with E-state index < -0.39 is 17.8 Å². The first kappa shape index (κ1) is 29.0. The van der Waals surface area contributed by atoms with Crippen LogP contribution >= 0.6 is 0 Å². The van der Waals surface area contributed by atoms with Crippen LogP contribution in [0.5, 0.6) is 0 Å². The first-order chi connectivity index (χ1) is 18.3. The van der Waals surface area contributed by atoms with Gasteiger partial charge in [-0.15, -0.1) is 0 Å². The van der Waals surface area contributed by atoms with E-state index in [0.29, 0.717) is 29.1 Å². The maximum absolute atomic E-state index is 13.2. The molecule has 0 aliphatic rings. The number of ether oxygens (including phenoxy) is 1. The van der Waals surface area contributed by atoms with Crippen LogP contribution in [0.25, 0.3) is 11.1 Å². The zero-order chi connectivity index (χ0) is 28.9. The summed E-state index contributed by atoms with van der Waals surface area (Å²) in [7, 11) is 1.55. The number of amidine groups is 1. The number of amides is 2. The average Bonchev–Trinajstić information content (AvgIpc) is 2.87.